The molecule has 0 radical (unpaired) electrons. The normalized spacial score (nSPS) is 26.7. The van der Waals surface area contributed by atoms with Crippen molar-refractivity contribution in [2.24, 2.45) is 5.92 Å². The second-order valence-electron chi connectivity index (χ2n) is 6.81. The minimum absolute atomic E-state index is 0.0230. The van der Waals surface area contributed by atoms with Crippen LogP contribution in [0.25, 0.3) is 0 Å². The topological polar surface area (TPSA) is 15.3 Å². The van der Waals surface area contributed by atoms with Gasteiger partial charge in [-0.15, -0.1) is 0 Å². The summed E-state index contributed by atoms with van der Waals surface area (Å²) in [6.45, 7) is 6.62. The number of hydrogen-bond acceptors (Lipinski definition) is 2. The Morgan fingerprint density at radius 3 is 2.75 bits per heavy atom. The molecule has 110 valence electrons. The lowest BCUT2D eigenvalue weighted by atomic mass is 9.96. The zero-order chi connectivity index (χ0) is 14.3. The van der Waals surface area contributed by atoms with Gasteiger partial charge >= 0.3 is 0 Å². The molecular formula is C16H22F2N2. The van der Waals surface area contributed by atoms with Crippen LogP contribution < -0.4 is 5.32 Å². The van der Waals surface area contributed by atoms with Crippen molar-refractivity contribution in [1.82, 2.24) is 10.2 Å². The van der Waals surface area contributed by atoms with Crippen LogP contribution in [0.4, 0.5) is 8.78 Å². The molecule has 2 aliphatic rings. The molecule has 0 aromatic heterocycles. The fourth-order valence-corrected chi connectivity index (χ4v) is 3.19. The SMILES string of the molecule is CC1(C)CN(Cc2cc(F)ccc2F)C(C2CC2)CN1. The smallest absolute Gasteiger partial charge is 0.127 e. The first-order valence-corrected chi connectivity index (χ1v) is 7.38. The van der Waals surface area contributed by atoms with Crippen LogP contribution in [0.2, 0.25) is 0 Å². The molecule has 2 fully saturated rings. The number of benzene rings is 1. The molecular weight excluding hydrogens is 258 g/mol. The van der Waals surface area contributed by atoms with E-state index in [1.807, 2.05) is 0 Å². The van der Waals surface area contributed by atoms with Gasteiger partial charge in [-0.1, -0.05) is 0 Å². The Labute approximate surface area is 119 Å². The molecule has 1 saturated heterocycles. The Bertz CT molecular complexity index is 497. The lowest BCUT2D eigenvalue weighted by molar-refractivity contribution is 0.0748. The second kappa shape index (κ2) is 5.08. The van der Waals surface area contributed by atoms with Gasteiger partial charge in [-0.2, -0.15) is 0 Å². The fourth-order valence-electron chi connectivity index (χ4n) is 3.19. The second-order valence-corrected chi connectivity index (χ2v) is 6.81. The van der Waals surface area contributed by atoms with Crippen LogP contribution in [0.1, 0.15) is 32.3 Å². The summed E-state index contributed by atoms with van der Waals surface area (Å²) in [6, 6.07) is 4.18. The van der Waals surface area contributed by atoms with Crippen molar-refractivity contribution < 1.29 is 8.78 Å². The van der Waals surface area contributed by atoms with E-state index in [2.05, 4.69) is 24.1 Å². The summed E-state index contributed by atoms with van der Waals surface area (Å²) in [5.41, 5.74) is 0.489. The minimum atomic E-state index is -0.362. The van der Waals surface area contributed by atoms with Crippen LogP contribution in [0.15, 0.2) is 18.2 Å². The third-order valence-corrected chi connectivity index (χ3v) is 4.40. The third-order valence-electron chi connectivity index (χ3n) is 4.40. The molecule has 3 rings (SSSR count). The van der Waals surface area contributed by atoms with Gasteiger partial charge in [-0.3, -0.25) is 4.90 Å². The first-order chi connectivity index (χ1) is 9.44. The number of rotatable bonds is 3. The lowest BCUT2D eigenvalue weighted by Crippen LogP contribution is -2.61. The van der Waals surface area contributed by atoms with E-state index in [0.717, 1.165) is 19.0 Å². The van der Waals surface area contributed by atoms with Crippen LogP contribution in [0, 0.1) is 17.6 Å². The molecule has 1 heterocycles. The van der Waals surface area contributed by atoms with Crippen molar-refractivity contribution in [2.45, 2.75) is 44.8 Å². The van der Waals surface area contributed by atoms with Crippen molar-refractivity contribution >= 4 is 0 Å². The van der Waals surface area contributed by atoms with E-state index in [4.69, 9.17) is 0 Å². The van der Waals surface area contributed by atoms with Crippen molar-refractivity contribution in [2.75, 3.05) is 13.1 Å². The van der Waals surface area contributed by atoms with Crippen LogP contribution >= 0.6 is 0 Å². The van der Waals surface area contributed by atoms with Crippen molar-refractivity contribution in [1.29, 1.82) is 0 Å². The van der Waals surface area contributed by atoms with E-state index < -0.39 is 0 Å². The van der Waals surface area contributed by atoms with E-state index in [9.17, 15) is 8.78 Å². The average molecular weight is 280 g/mol. The number of hydrogen-bond donors (Lipinski definition) is 1. The molecule has 1 aliphatic heterocycles. The highest BCUT2D eigenvalue weighted by Crippen LogP contribution is 2.37. The van der Waals surface area contributed by atoms with Gasteiger partial charge in [0.2, 0.25) is 0 Å². The minimum Gasteiger partial charge on any atom is -0.309 e. The van der Waals surface area contributed by atoms with E-state index >= 15 is 0 Å². The van der Waals surface area contributed by atoms with Crippen LogP contribution in [0.3, 0.4) is 0 Å². The molecule has 1 aliphatic carbocycles. The van der Waals surface area contributed by atoms with Crippen LogP contribution in [-0.2, 0) is 6.54 Å². The lowest BCUT2D eigenvalue weighted by Gasteiger charge is -2.45. The van der Waals surface area contributed by atoms with E-state index in [1.165, 1.54) is 31.0 Å². The summed E-state index contributed by atoms with van der Waals surface area (Å²) in [6.07, 6.45) is 2.52. The molecule has 1 saturated carbocycles. The number of halogens is 2. The maximum Gasteiger partial charge on any atom is 0.127 e. The Kier molecular flexibility index (Phi) is 3.55. The number of nitrogens with zero attached hydrogens (tertiary/aromatic N) is 1. The van der Waals surface area contributed by atoms with Gasteiger partial charge in [0, 0.05) is 36.8 Å². The van der Waals surface area contributed by atoms with E-state index in [1.54, 1.807) is 0 Å². The van der Waals surface area contributed by atoms with Crippen molar-refractivity contribution in [3.63, 3.8) is 0 Å². The van der Waals surface area contributed by atoms with Gasteiger partial charge in [0.15, 0.2) is 0 Å². The van der Waals surface area contributed by atoms with Crippen molar-refractivity contribution in [3.8, 4) is 0 Å². The molecule has 4 heteroatoms. The van der Waals surface area contributed by atoms with E-state index in [0.29, 0.717) is 18.2 Å². The average Bonchev–Trinajstić information content (AvgIpc) is 3.17. The van der Waals surface area contributed by atoms with Gasteiger partial charge in [0.25, 0.3) is 0 Å². The largest absolute Gasteiger partial charge is 0.309 e. The molecule has 0 spiro atoms. The molecule has 1 unspecified atom stereocenters. The van der Waals surface area contributed by atoms with E-state index in [-0.39, 0.29) is 17.2 Å². The predicted molar refractivity (Wildman–Crippen MR) is 75.4 cm³/mol. The molecule has 1 aromatic carbocycles. The monoisotopic (exact) mass is 280 g/mol. The molecule has 1 N–H and O–H groups in total. The summed E-state index contributed by atoms with van der Waals surface area (Å²) < 4.78 is 27.2. The molecule has 1 atom stereocenters. The highest BCUT2D eigenvalue weighted by atomic mass is 19.1. The van der Waals surface area contributed by atoms with Crippen molar-refractivity contribution in [3.05, 3.63) is 35.4 Å². The summed E-state index contributed by atoms with van der Waals surface area (Å²) in [5, 5.41) is 3.56. The fraction of sp³-hybridized carbons (Fsp3) is 0.625. The predicted octanol–water partition coefficient (Wildman–Crippen LogP) is 2.93. The third kappa shape index (κ3) is 3.01. The molecule has 0 bridgehead atoms. The summed E-state index contributed by atoms with van der Waals surface area (Å²) in [5.74, 6) is 0.0475. The number of piperazine rings is 1. The summed E-state index contributed by atoms with van der Waals surface area (Å²) in [7, 11) is 0. The zero-order valence-electron chi connectivity index (χ0n) is 12.1. The van der Waals surface area contributed by atoms with Gasteiger partial charge in [0.05, 0.1) is 0 Å². The zero-order valence-corrected chi connectivity index (χ0v) is 12.1. The summed E-state index contributed by atoms with van der Waals surface area (Å²) >= 11 is 0. The first kappa shape index (κ1) is 14.0. The van der Waals surface area contributed by atoms with Gasteiger partial charge in [-0.05, 0) is 50.8 Å². The van der Waals surface area contributed by atoms with Crippen LogP contribution in [0.5, 0.6) is 0 Å². The summed E-state index contributed by atoms with van der Waals surface area (Å²) in [4.78, 5) is 2.33. The number of nitrogens with one attached hydrogen (secondary N) is 1. The molecule has 0 amide bonds. The molecule has 1 aromatic rings. The van der Waals surface area contributed by atoms with Gasteiger partial charge in [0.1, 0.15) is 11.6 Å². The van der Waals surface area contributed by atoms with Gasteiger partial charge in [-0.25, -0.2) is 8.78 Å². The maximum absolute atomic E-state index is 13.9. The Balaban J connectivity index is 1.79. The highest BCUT2D eigenvalue weighted by molar-refractivity contribution is 5.19. The molecule has 20 heavy (non-hydrogen) atoms. The Hall–Kier alpha value is -1.00. The highest BCUT2D eigenvalue weighted by Gasteiger charge is 2.40. The van der Waals surface area contributed by atoms with Crippen LogP contribution in [-0.4, -0.2) is 29.6 Å². The quantitative estimate of drug-likeness (QED) is 0.916. The Morgan fingerprint density at radius 1 is 1.30 bits per heavy atom. The standard InChI is InChI=1S/C16H22F2N2/c1-16(2)10-20(15(8-19-16)11-3-4-11)9-12-7-13(17)5-6-14(12)18/h5-7,11,15,19H,3-4,8-10H2,1-2H3. The maximum atomic E-state index is 13.9. The Morgan fingerprint density at radius 2 is 2.05 bits per heavy atom. The molecule has 2 nitrogen and oxygen atoms in total. The van der Waals surface area contributed by atoms with Gasteiger partial charge < -0.3 is 5.32 Å². The first-order valence-electron chi connectivity index (χ1n) is 7.38.